The van der Waals surface area contributed by atoms with Crippen LogP contribution in [-0.2, 0) is 14.8 Å². The van der Waals surface area contributed by atoms with E-state index in [2.05, 4.69) is 15.5 Å². The lowest BCUT2D eigenvalue weighted by molar-refractivity contribution is -0.125. The van der Waals surface area contributed by atoms with E-state index in [0.29, 0.717) is 47.1 Å². The molecule has 1 aliphatic heterocycles. The summed E-state index contributed by atoms with van der Waals surface area (Å²) in [5.41, 5.74) is 2.39. The van der Waals surface area contributed by atoms with Crippen molar-refractivity contribution in [3.8, 4) is 0 Å². The maximum Gasteiger partial charge on any atom is 0.248 e. The highest BCUT2D eigenvalue weighted by atomic mass is 32.2. The molecule has 1 aliphatic rings. The molecule has 2 aromatic rings. The zero-order chi connectivity index (χ0) is 20.6. The number of hydrogen-bond acceptors (Lipinski definition) is 6. The summed E-state index contributed by atoms with van der Waals surface area (Å²) in [5.74, 6) is 0.418. The van der Waals surface area contributed by atoms with E-state index in [1.807, 2.05) is 19.1 Å². The van der Waals surface area contributed by atoms with Gasteiger partial charge in [-0.2, -0.15) is 9.29 Å². The van der Waals surface area contributed by atoms with Crippen LogP contribution >= 0.6 is 0 Å². The molecule has 2 atom stereocenters. The number of nitrogens with zero attached hydrogens (tertiary/aromatic N) is 3. The Morgan fingerprint density at radius 1 is 1.25 bits per heavy atom. The molecule has 2 heterocycles. The summed E-state index contributed by atoms with van der Waals surface area (Å²) in [6.45, 7) is 9.26. The summed E-state index contributed by atoms with van der Waals surface area (Å²) < 4.78 is 33.1. The van der Waals surface area contributed by atoms with Gasteiger partial charge in [0.1, 0.15) is 12.1 Å². The van der Waals surface area contributed by atoms with E-state index in [9.17, 15) is 13.2 Å². The van der Waals surface area contributed by atoms with Crippen LogP contribution in [0.2, 0.25) is 0 Å². The van der Waals surface area contributed by atoms with E-state index in [1.54, 1.807) is 27.7 Å². The van der Waals surface area contributed by atoms with Gasteiger partial charge in [-0.3, -0.25) is 4.79 Å². The highest BCUT2D eigenvalue weighted by Crippen LogP contribution is 2.31. The van der Waals surface area contributed by atoms with Crippen molar-refractivity contribution in [2.45, 2.75) is 64.4 Å². The molecule has 0 spiro atoms. The third-order valence-electron chi connectivity index (χ3n) is 4.95. The second kappa shape index (κ2) is 7.63. The standard InChI is InChI=1S/C19H26N4O4S/c1-11-9-12(2)17(13(3)10-11)28(25,26)23-8-6-7-16(23)18(24)20-14(4)19-21-15(5)22-27-19/h9-10,14,16H,6-8H2,1-5H3,(H,20,24). The third kappa shape index (κ3) is 3.81. The van der Waals surface area contributed by atoms with Crippen LogP contribution in [0.25, 0.3) is 0 Å². The number of carbonyl (C=O) groups excluding carboxylic acids is 1. The summed E-state index contributed by atoms with van der Waals surface area (Å²) in [7, 11) is -3.79. The summed E-state index contributed by atoms with van der Waals surface area (Å²) in [4.78, 5) is 17.2. The van der Waals surface area contributed by atoms with Gasteiger partial charge in [0.05, 0.1) is 4.90 Å². The molecule has 1 aromatic heterocycles. The van der Waals surface area contributed by atoms with Crippen molar-refractivity contribution in [3.63, 3.8) is 0 Å². The average Bonchev–Trinajstić information content (AvgIpc) is 3.22. The van der Waals surface area contributed by atoms with E-state index in [1.165, 1.54) is 4.31 Å². The number of rotatable bonds is 5. The molecule has 8 nitrogen and oxygen atoms in total. The molecule has 9 heteroatoms. The first-order chi connectivity index (χ1) is 13.1. The van der Waals surface area contributed by atoms with Crippen LogP contribution in [0.4, 0.5) is 0 Å². The van der Waals surface area contributed by atoms with Gasteiger partial charge in [0, 0.05) is 6.54 Å². The molecule has 0 radical (unpaired) electrons. The molecule has 1 aromatic carbocycles. The van der Waals surface area contributed by atoms with Crippen molar-refractivity contribution in [2.75, 3.05) is 6.54 Å². The van der Waals surface area contributed by atoms with Crippen LogP contribution in [0.1, 0.15) is 54.2 Å². The van der Waals surface area contributed by atoms with E-state index in [0.717, 1.165) is 5.56 Å². The van der Waals surface area contributed by atoms with Gasteiger partial charge in [-0.25, -0.2) is 8.42 Å². The Hall–Kier alpha value is -2.26. The number of sulfonamides is 1. The van der Waals surface area contributed by atoms with Crippen LogP contribution in [0.3, 0.4) is 0 Å². The van der Waals surface area contributed by atoms with Gasteiger partial charge in [0.15, 0.2) is 5.82 Å². The number of amides is 1. The van der Waals surface area contributed by atoms with Crippen LogP contribution in [0, 0.1) is 27.7 Å². The van der Waals surface area contributed by atoms with Gasteiger partial charge < -0.3 is 9.84 Å². The normalized spacial score (nSPS) is 19.0. The lowest BCUT2D eigenvalue weighted by Crippen LogP contribution is -2.46. The Morgan fingerprint density at radius 2 is 1.89 bits per heavy atom. The topological polar surface area (TPSA) is 105 Å². The van der Waals surface area contributed by atoms with Crippen molar-refractivity contribution in [3.05, 3.63) is 40.5 Å². The van der Waals surface area contributed by atoms with Gasteiger partial charge in [-0.1, -0.05) is 22.9 Å². The number of nitrogens with one attached hydrogen (secondary N) is 1. The molecule has 1 amide bonds. The summed E-state index contributed by atoms with van der Waals surface area (Å²) in [6, 6.07) is 2.45. The number of carbonyl (C=O) groups is 1. The van der Waals surface area contributed by atoms with Crippen molar-refractivity contribution >= 4 is 15.9 Å². The number of aryl methyl sites for hydroxylation is 4. The third-order valence-corrected chi connectivity index (χ3v) is 7.16. The molecule has 0 bridgehead atoms. The highest BCUT2D eigenvalue weighted by Gasteiger charge is 2.41. The minimum absolute atomic E-state index is 0.290. The van der Waals surface area contributed by atoms with Crippen molar-refractivity contribution < 1.29 is 17.7 Å². The minimum Gasteiger partial charge on any atom is -0.343 e. The molecular weight excluding hydrogens is 380 g/mol. The molecule has 0 aliphatic carbocycles. The predicted octanol–water partition coefficient (Wildman–Crippen LogP) is 2.33. The molecule has 3 rings (SSSR count). The number of hydrogen-bond donors (Lipinski definition) is 1. The Balaban J connectivity index is 1.85. The fraction of sp³-hybridized carbons (Fsp3) is 0.526. The van der Waals surface area contributed by atoms with Crippen molar-refractivity contribution in [2.24, 2.45) is 0 Å². The molecule has 1 fully saturated rings. The minimum atomic E-state index is -3.79. The van der Waals surface area contributed by atoms with Crippen LogP contribution < -0.4 is 5.32 Å². The van der Waals surface area contributed by atoms with Crippen LogP contribution in [0.15, 0.2) is 21.6 Å². The Kier molecular flexibility index (Phi) is 5.58. The number of aromatic nitrogens is 2. The van der Waals surface area contributed by atoms with Crippen LogP contribution in [-0.4, -0.2) is 41.4 Å². The first-order valence-electron chi connectivity index (χ1n) is 9.31. The first-order valence-corrected chi connectivity index (χ1v) is 10.8. The molecule has 0 saturated carbocycles. The Bertz CT molecular complexity index is 976. The van der Waals surface area contributed by atoms with Crippen molar-refractivity contribution in [1.82, 2.24) is 19.8 Å². The smallest absolute Gasteiger partial charge is 0.248 e. The van der Waals surface area contributed by atoms with Crippen molar-refractivity contribution in [1.29, 1.82) is 0 Å². The van der Waals surface area contributed by atoms with Gasteiger partial charge in [-0.05, 0) is 58.6 Å². The van der Waals surface area contributed by atoms with Gasteiger partial charge in [0.2, 0.25) is 21.8 Å². The lowest BCUT2D eigenvalue weighted by atomic mass is 10.1. The zero-order valence-corrected chi connectivity index (χ0v) is 17.6. The predicted molar refractivity (Wildman–Crippen MR) is 103 cm³/mol. The first kappa shape index (κ1) is 20.5. The second-order valence-electron chi connectivity index (χ2n) is 7.41. The van der Waals surface area contributed by atoms with E-state index in [-0.39, 0.29) is 5.91 Å². The second-order valence-corrected chi connectivity index (χ2v) is 9.24. The number of benzene rings is 1. The van der Waals surface area contributed by atoms with Gasteiger partial charge >= 0.3 is 0 Å². The molecule has 28 heavy (non-hydrogen) atoms. The molecule has 1 N–H and O–H groups in total. The van der Waals surface area contributed by atoms with Crippen LogP contribution in [0.5, 0.6) is 0 Å². The maximum atomic E-state index is 13.4. The summed E-state index contributed by atoms with van der Waals surface area (Å²) >= 11 is 0. The summed E-state index contributed by atoms with van der Waals surface area (Å²) in [6.07, 6.45) is 1.11. The fourth-order valence-corrected chi connectivity index (χ4v) is 5.91. The SMILES string of the molecule is Cc1cc(C)c(S(=O)(=O)N2CCCC2C(=O)NC(C)c2nc(C)no2)c(C)c1. The van der Waals surface area contributed by atoms with E-state index in [4.69, 9.17) is 4.52 Å². The van der Waals surface area contributed by atoms with E-state index < -0.39 is 22.1 Å². The van der Waals surface area contributed by atoms with Gasteiger partial charge in [0.25, 0.3) is 0 Å². The van der Waals surface area contributed by atoms with E-state index >= 15 is 0 Å². The summed E-state index contributed by atoms with van der Waals surface area (Å²) in [5, 5.41) is 6.52. The van der Waals surface area contributed by atoms with Gasteiger partial charge in [-0.15, -0.1) is 0 Å². The zero-order valence-electron chi connectivity index (χ0n) is 16.8. The molecule has 2 unspecified atom stereocenters. The average molecular weight is 407 g/mol. The molecule has 1 saturated heterocycles. The fourth-order valence-electron chi connectivity index (χ4n) is 3.84. The quantitative estimate of drug-likeness (QED) is 0.817. The monoisotopic (exact) mass is 406 g/mol. The molecular formula is C19H26N4O4S. The largest absolute Gasteiger partial charge is 0.343 e. The highest BCUT2D eigenvalue weighted by molar-refractivity contribution is 7.89. The lowest BCUT2D eigenvalue weighted by Gasteiger charge is -2.26. The maximum absolute atomic E-state index is 13.4. The Morgan fingerprint density at radius 3 is 2.46 bits per heavy atom. The Labute approximate surface area is 165 Å². The molecule has 152 valence electrons.